The summed E-state index contributed by atoms with van der Waals surface area (Å²) in [6.45, 7) is 0. The molecule has 0 aromatic heterocycles. The Balaban J connectivity index is 2.39. The third-order valence-corrected chi connectivity index (χ3v) is 4.24. The number of amides is 1. The second-order valence-corrected chi connectivity index (χ2v) is 5.96. The van der Waals surface area contributed by atoms with Gasteiger partial charge in [0.2, 0.25) is 0 Å². The van der Waals surface area contributed by atoms with E-state index >= 15 is 0 Å². The second-order valence-electron chi connectivity index (χ2n) is 5.05. The molecule has 1 aromatic carbocycles. The minimum absolute atomic E-state index is 0.0173. The van der Waals surface area contributed by atoms with Crippen LogP contribution in [-0.4, -0.2) is 19.0 Å². The first-order chi connectivity index (χ1) is 9.00. The average Bonchev–Trinajstić information content (AvgIpc) is 2.37. The number of hydrogen-bond acceptors (Lipinski definition) is 2. The van der Waals surface area contributed by atoms with Crippen molar-refractivity contribution < 1.29 is 9.18 Å². The molecule has 0 saturated heterocycles. The van der Waals surface area contributed by atoms with E-state index in [1.54, 1.807) is 6.07 Å². The predicted molar refractivity (Wildman–Crippen MR) is 77.9 cm³/mol. The summed E-state index contributed by atoms with van der Waals surface area (Å²) in [6.07, 6.45) is 5.75. The Morgan fingerprint density at radius 2 is 2.00 bits per heavy atom. The van der Waals surface area contributed by atoms with Crippen molar-refractivity contribution in [1.29, 1.82) is 0 Å². The van der Waals surface area contributed by atoms with E-state index in [1.165, 1.54) is 25.3 Å². The van der Waals surface area contributed by atoms with Crippen LogP contribution >= 0.6 is 15.9 Å². The number of hydrogen-bond donors (Lipinski definition) is 1. The highest BCUT2D eigenvalue weighted by Gasteiger charge is 2.24. The van der Waals surface area contributed by atoms with Crippen LogP contribution in [0.3, 0.4) is 0 Å². The van der Waals surface area contributed by atoms with Gasteiger partial charge >= 0.3 is 0 Å². The van der Waals surface area contributed by atoms with Crippen LogP contribution in [0.4, 0.5) is 10.1 Å². The molecule has 1 saturated carbocycles. The Morgan fingerprint density at radius 1 is 1.37 bits per heavy atom. The molecule has 5 heteroatoms. The lowest BCUT2D eigenvalue weighted by Gasteiger charge is -2.34. The number of nitrogens with two attached hydrogens (primary N) is 1. The van der Waals surface area contributed by atoms with E-state index in [4.69, 9.17) is 5.73 Å². The number of primary amides is 1. The van der Waals surface area contributed by atoms with E-state index in [-0.39, 0.29) is 5.56 Å². The van der Waals surface area contributed by atoms with Crippen molar-refractivity contribution in [1.82, 2.24) is 0 Å². The molecular weight excluding hydrogens is 311 g/mol. The van der Waals surface area contributed by atoms with Crippen LogP contribution in [0.5, 0.6) is 0 Å². The largest absolute Gasteiger partial charge is 0.371 e. The van der Waals surface area contributed by atoms with Gasteiger partial charge in [-0.2, -0.15) is 0 Å². The lowest BCUT2D eigenvalue weighted by atomic mass is 9.93. The van der Waals surface area contributed by atoms with E-state index in [1.807, 2.05) is 11.9 Å². The Morgan fingerprint density at radius 3 is 2.58 bits per heavy atom. The molecule has 1 aliphatic carbocycles. The normalized spacial score (nSPS) is 16.4. The van der Waals surface area contributed by atoms with Crippen molar-refractivity contribution >= 4 is 27.5 Å². The first-order valence-electron chi connectivity index (χ1n) is 6.52. The molecule has 2 rings (SSSR count). The molecule has 1 aromatic rings. The van der Waals surface area contributed by atoms with Crippen molar-refractivity contribution in [2.75, 3.05) is 11.9 Å². The predicted octanol–water partition coefficient (Wildman–Crippen LogP) is 3.46. The first-order valence-corrected chi connectivity index (χ1v) is 7.31. The summed E-state index contributed by atoms with van der Waals surface area (Å²) in [4.78, 5) is 13.5. The summed E-state index contributed by atoms with van der Waals surface area (Å²) in [6, 6.07) is 3.39. The maximum absolute atomic E-state index is 13.9. The number of benzene rings is 1. The molecule has 0 spiro atoms. The van der Waals surface area contributed by atoms with Crippen LogP contribution in [0, 0.1) is 5.82 Å². The van der Waals surface area contributed by atoms with Crippen LogP contribution in [-0.2, 0) is 0 Å². The summed E-state index contributed by atoms with van der Waals surface area (Å²) in [7, 11) is 1.91. The molecule has 0 bridgehead atoms. The molecule has 19 heavy (non-hydrogen) atoms. The van der Waals surface area contributed by atoms with Crippen LogP contribution in [0.2, 0.25) is 0 Å². The summed E-state index contributed by atoms with van der Waals surface area (Å²) in [5.74, 6) is -1.29. The lowest BCUT2D eigenvalue weighted by Crippen LogP contribution is -2.35. The molecule has 0 heterocycles. The van der Waals surface area contributed by atoms with Crippen molar-refractivity contribution in [3.05, 3.63) is 28.0 Å². The Kier molecular flexibility index (Phi) is 4.45. The smallest absolute Gasteiger partial charge is 0.253 e. The van der Waals surface area contributed by atoms with Gasteiger partial charge in [-0.3, -0.25) is 4.79 Å². The van der Waals surface area contributed by atoms with Gasteiger partial charge < -0.3 is 10.6 Å². The van der Waals surface area contributed by atoms with Crippen molar-refractivity contribution in [2.45, 2.75) is 38.1 Å². The number of halogens is 2. The highest BCUT2D eigenvalue weighted by molar-refractivity contribution is 9.10. The highest BCUT2D eigenvalue weighted by atomic mass is 79.9. The van der Waals surface area contributed by atoms with Gasteiger partial charge in [0.1, 0.15) is 5.82 Å². The standard InChI is InChI=1S/C14H18BrFN2O/c1-18(10-5-3-2-4-6-10)12-8-9(15)7-11(16)13(12)14(17)19/h7-8,10H,2-6H2,1H3,(H2,17,19). The Labute approximate surface area is 121 Å². The summed E-state index contributed by atoms with van der Waals surface area (Å²) in [5.41, 5.74) is 5.87. The maximum Gasteiger partial charge on any atom is 0.253 e. The van der Waals surface area contributed by atoms with Crippen LogP contribution < -0.4 is 10.6 Å². The van der Waals surface area contributed by atoms with Gasteiger partial charge in [-0.15, -0.1) is 0 Å². The van der Waals surface area contributed by atoms with E-state index in [0.29, 0.717) is 16.2 Å². The molecule has 0 aliphatic heterocycles. The average molecular weight is 329 g/mol. The molecule has 0 atom stereocenters. The molecule has 0 radical (unpaired) electrons. The molecule has 1 amide bonds. The van der Waals surface area contributed by atoms with E-state index in [0.717, 1.165) is 12.8 Å². The number of rotatable bonds is 3. The van der Waals surface area contributed by atoms with Gasteiger partial charge in [0.25, 0.3) is 5.91 Å². The van der Waals surface area contributed by atoms with Crippen molar-refractivity contribution in [3.8, 4) is 0 Å². The minimum atomic E-state index is -0.720. The Hall–Kier alpha value is -1.10. The molecule has 2 N–H and O–H groups in total. The molecule has 3 nitrogen and oxygen atoms in total. The number of anilines is 1. The highest BCUT2D eigenvalue weighted by Crippen LogP contribution is 2.32. The Bertz CT molecular complexity index is 487. The van der Waals surface area contributed by atoms with Crippen molar-refractivity contribution in [3.63, 3.8) is 0 Å². The van der Waals surface area contributed by atoms with Gasteiger partial charge in [-0.1, -0.05) is 35.2 Å². The van der Waals surface area contributed by atoms with Gasteiger partial charge in [0, 0.05) is 17.6 Å². The van der Waals surface area contributed by atoms with Gasteiger partial charge in [-0.05, 0) is 25.0 Å². The zero-order chi connectivity index (χ0) is 14.0. The summed E-state index contributed by atoms with van der Waals surface area (Å²) >= 11 is 3.27. The van der Waals surface area contributed by atoms with Crippen LogP contribution in [0.1, 0.15) is 42.5 Å². The summed E-state index contributed by atoms with van der Waals surface area (Å²) < 4.78 is 14.5. The second kappa shape index (κ2) is 5.90. The van der Waals surface area contributed by atoms with E-state index in [2.05, 4.69) is 15.9 Å². The molecule has 1 aliphatic rings. The number of nitrogens with zero attached hydrogens (tertiary/aromatic N) is 1. The molecular formula is C14H18BrFN2O. The fourth-order valence-electron chi connectivity index (χ4n) is 2.75. The monoisotopic (exact) mass is 328 g/mol. The van der Waals surface area contributed by atoms with Gasteiger partial charge in [0.05, 0.1) is 11.3 Å². The van der Waals surface area contributed by atoms with E-state index in [9.17, 15) is 9.18 Å². The third-order valence-electron chi connectivity index (χ3n) is 3.78. The molecule has 0 unspecified atom stereocenters. The van der Waals surface area contributed by atoms with Gasteiger partial charge in [-0.25, -0.2) is 4.39 Å². The van der Waals surface area contributed by atoms with Crippen LogP contribution in [0.25, 0.3) is 0 Å². The summed E-state index contributed by atoms with van der Waals surface area (Å²) in [5, 5.41) is 0. The zero-order valence-electron chi connectivity index (χ0n) is 11.0. The quantitative estimate of drug-likeness (QED) is 0.923. The number of carbonyl (C=O) groups excluding carboxylic acids is 1. The first kappa shape index (κ1) is 14.3. The SMILES string of the molecule is CN(c1cc(Br)cc(F)c1C(N)=O)C1CCCCC1. The van der Waals surface area contributed by atoms with Crippen LogP contribution in [0.15, 0.2) is 16.6 Å². The fraction of sp³-hybridized carbons (Fsp3) is 0.500. The lowest BCUT2D eigenvalue weighted by molar-refractivity contribution is 0.0997. The number of carbonyl (C=O) groups is 1. The minimum Gasteiger partial charge on any atom is -0.371 e. The maximum atomic E-state index is 13.9. The van der Waals surface area contributed by atoms with Crippen molar-refractivity contribution in [2.24, 2.45) is 5.73 Å². The third kappa shape index (κ3) is 3.08. The zero-order valence-corrected chi connectivity index (χ0v) is 12.5. The molecule has 1 fully saturated rings. The van der Waals surface area contributed by atoms with E-state index < -0.39 is 11.7 Å². The topological polar surface area (TPSA) is 46.3 Å². The molecule has 104 valence electrons. The van der Waals surface area contributed by atoms with Gasteiger partial charge in [0.15, 0.2) is 0 Å². The fourth-order valence-corrected chi connectivity index (χ4v) is 3.16.